The Morgan fingerprint density at radius 1 is 1.25 bits per heavy atom. The normalized spacial score (nSPS) is 9.60. The molecule has 0 fully saturated rings. The Hall–Kier alpha value is -2.80. The third-order valence-electron chi connectivity index (χ3n) is 2.78. The van der Waals surface area contributed by atoms with Crippen molar-refractivity contribution in [2.24, 2.45) is 0 Å². The molecule has 1 amide bonds. The number of methoxy groups -OCH3 is 1. The number of nitrogens with zero attached hydrogens (tertiary/aromatic N) is 1. The van der Waals surface area contributed by atoms with Gasteiger partial charge in [0.05, 0.1) is 20.1 Å². The first-order chi connectivity index (χ1) is 9.71. The molecule has 0 radical (unpaired) electrons. The lowest BCUT2D eigenvalue weighted by molar-refractivity contribution is -0.115. The van der Waals surface area contributed by atoms with Crippen LogP contribution in [0.15, 0.2) is 48.5 Å². The molecule has 0 heterocycles. The SMILES string of the molecule is [C-]#[N+]c1ccc(NC(=O)Cc2cccc(OC)c2)cc1. The number of rotatable bonds is 4. The third-order valence-corrected chi connectivity index (χ3v) is 2.78. The minimum atomic E-state index is -0.103. The standard InChI is InChI=1S/C16H14N2O2/c1-17-13-6-8-14(9-7-13)18-16(19)11-12-4-3-5-15(10-12)20-2/h3-10H,11H2,2H3,(H,18,19). The van der Waals surface area contributed by atoms with Crippen molar-refractivity contribution in [3.63, 3.8) is 0 Å². The molecule has 2 rings (SSSR count). The monoisotopic (exact) mass is 266 g/mol. The lowest BCUT2D eigenvalue weighted by atomic mass is 10.1. The van der Waals surface area contributed by atoms with Crippen LogP contribution in [0.25, 0.3) is 4.85 Å². The van der Waals surface area contributed by atoms with Crippen molar-refractivity contribution in [3.8, 4) is 5.75 Å². The van der Waals surface area contributed by atoms with Crippen LogP contribution in [0, 0.1) is 6.57 Å². The fourth-order valence-electron chi connectivity index (χ4n) is 1.79. The molecule has 4 heteroatoms. The van der Waals surface area contributed by atoms with E-state index in [9.17, 15) is 4.79 Å². The van der Waals surface area contributed by atoms with Crippen molar-refractivity contribution < 1.29 is 9.53 Å². The Morgan fingerprint density at radius 2 is 2.00 bits per heavy atom. The maximum Gasteiger partial charge on any atom is 0.228 e. The summed E-state index contributed by atoms with van der Waals surface area (Å²) in [7, 11) is 1.60. The van der Waals surface area contributed by atoms with Crippen LogP contribution in [-0.4, -0.2) is 13.0 Å². The molecule has 100 valence electrons. The second-order valence-corrected chi connectivity index (χ2v) is 4.24. The number of anilines is 1. The van der Waals surface area contributed by atoms with Gasteiger partial charge >= 0.3 is 0 Å². The van der Waals surface area contributed by atoms with Crippen LogP contribution in [0.2, 0.25) is 0 Å². The third kappa shape index (κ3) is 3.59. The van der Waals surface area contributed by atoms with Crippen LogP contribution in [-0.2, 0) is 11.2 Å². The lowest BCUT2D eigenvalue weighted by Crippen LogP contribution is -2.14. The molecule has 1 N–H and O–H groups in total. The molecule has 20 heavy (non-hydrogen) atoms. The first kappa shape index (κ1) is 13.6. The van der Waals surface area contributed by atoms with Gasteiger partial charge in [0.25, 0.3) is 0 Å². The zero-order valence-corrected chi connectivity index (χ0v) is 11.1. The first-order valence-corrected chi connectivity index (χ1v) is 6.11. The van der Waals surface area contributed by atoms with Gasteiger partial charge in [-0.15, -0.1) is 0 Å². The largest absolute Gasteiger partial charge is 0.497 e. The summed E-state index contributed by atoms with van der Waals surface area (Å²) in [6.45, 7) is 6.87. The molecule has 0 unspecified atom stereocenters. The number of carbonyl (C=O) groups is 1. The molecule has 0 saturated carbocycles. The van der Waals surface area contributed by atoms with Gasteiger partial charge in [0.15, 0.2) is 5.69 Å². The van der Waals surface area contributed by atoms with Crippen LogP contribution in [0.5, 0.6) is 5.75 Å². The summed E-state index contributed by atoms with van der Waals surface area (Å²) in [5.41, 5.74) is 2.13. The van der Waals surface area contributed by atoms with Crippen molar-refractivity contribution in [2.45, 2.75) is 6.42 Å². The summed E-state index contributed by atoms with van der Waals surface area (Å²) >= 11 is 0. The summed E-state index contributed by atoms with van der Waals surface area (Å²) in [4.78, 5) is 15.2. The average Bonchev–Trinajstić information content (AvgIpc) is 2.48. The number of carbonyl (C=O) groups excluding carboxylic acids is 1. The van der Waals surface area contributed by atoms with E-state index in [1.807, 2.05) is 24.3 Å². The highest BCUT2D eigenvalue weighted by atomic mass is 16.5. The van der Waals surface area contributed by atoms with E-state index in [2.05, 4.69) is 10.2 Å². The average molecular weight is 266 g/mol. The molecule has 0 saturated heterocycles. The predicted octanol–water partition coefficient (Wildman–Crippen LogP) is 3.43. The summed E-state index contributed by atoms with van der Waals surface area (Å²) in [6.07, 6.45) is 0.280. The molecule has 0 spiro atoms. The molecule has 2 aromatic rings. The van der Waals surface area contributed by atoms with Crippen molar-refractivity contribution >= 4 is 17.3 Å². The molecule has 0 aliphatic heterocycles. The van der Waals surface area contributed by atoms with Crippen LogP contribution in [0.1, 0.15) is 5.56 Å². The zero-order chi connectivity index (χ0) is 14.4. The number of hydrogen-bond donors (Lipinski definition) is 1. The van der Waals surface area contributed by atoms with E-state index in [1.165, 1.54) is 0 Å². The van der Waals surface area contributed by atoms with Gasteiger partial charge in [-0.25, -0.2) is 4.85 Å². The molecule has 0 aliphatic rings. The predicted molar refractivity (Wildman–Crippen MR) is 78.0 cm³/mol. The van der Waals surface area contributed by atoms with Crippen molar-refractivity contribution in [2.75, 3.05) is 12.4 Å². The van der Waals surface area contributed by atoms with Gasteiger partial charge in [0.2, 0.25) is 5.91 Å². The molecule has 0 aromatic heterocycles. The molecular weight excluding hydrogens is 252 g/mol. The summed E-state index contributed by atoms with van der Waals surface area (Å²) in [5.74, 6) is 0.630. The number of nitrogens with one attached hydrogen (secondary N) is 1. The van der Waals surface area contributed by atoms with Gasteiger partial charge < -0.3 is 10.1 Å². The quantitative estimate of drug-likeness (QED) is 0.861. The molecular formula is C16H14N2O2. The molecule has 2 aromatic carbocycles. The maximum absolute atomic E-state index is 11.9. The molecule has 0 atom stereocenters. The van der Waals surface area contributed by atoms with Crippen LogP contribution < -0.4 is 10.1 Å². The second-order valence-electron chi connectivity index (χ2n) is 4.24. The Morgan fingerprint density at radius 3 is 2.65 bits per heavy atom. The minimum absolute atomic E-state index is 0.103. The van der Waals surface area contributed by atoms with E-state index in [0.717, 1.165) is 11.3 Å². The summed E-state index contributed by atoms with van der Waals surface area (Å²) < 4.78 is 5.12. The first-order valence-electron chi connectivity index (χ1n) is 6.11. The van der Waals surface area contributed by atoms with Gasteiger partial charge in [0, 0.05) is 5.69 Å². The Labute approximate surface area is 117 Å². The molecule has 4 nitrogen and oxygen atoms in total. The fraction of sp³-hybridized carbons (Fsp3) is 0.125. The van der Waals surface area contributed by atoms with E-state index in [-0.39, 0.29) is 12.3 Å². The summed E-state index contributed by atoms with van der Waals surface area (Å²) in [5, 5.41) is 2.80. The Balaban J connectivity index is 1.99. The van der Waals surface area contributed by atoms with Crippen LogP contribution in [0.3, 0.4) is 0 Å². The minimum Gasteiger partial charge on any atom is -0.497 e. The topological polar surface area (TPSA) is 42.7 Å². The highest BCUT2D eigenvalue weighted by molar-refractivity contribution is 5.92. The highest BCUT2D eigenvalue weighted by Crippen LogP contribution is 2.17. The molecule has 0 bridgehead atoms. The van der Waals surface area contributed by atoms with Gasteiger partial charge in [-0.1, -0.05) is 24.3 Å². The van der Waals surface area contributed by atoms with E-state index in [4.69, 9.17) is 11.3 Å². The Kier molecular flexibility index (Phi) is 4.35. The highest BCUT2D eigenvalue weighted by Gasteiger charge is 2.05. The van der Waals surface area contributed by atoms with E-state index in [1.54, 1.807) is 31.4 Å². The van der Waals surface area contributed by atoms with Crippen LogP contribution in [0.4, 0.5) is 11.4 Å². The zero-order valence-electron chi connectivity index (χ0n) is 11.1. The van der Waals surface area contributed by atoms with E-state index >= 15 is 0 Å². The Bertz CT molecular complexity index is 642. The van der Waals surface area contributed by atoms with Crippen molar-refractivity contribution in [1.82, 2.24) is 0 Å². The van der Waals surface area contributed by atoms with Crippen molar-refractivity contribution in [1.29, 1.82) is 0 Å². The lowest BCUT2D eigenvalue weighted by Gasteiger charge is -2.06. The second kappa shape index (κ2) is 6.39. The maximum atomic E-state index is 11.9. The summed E-state index contributed by atoms with van der Waals surface area (Å²) in [6, 6.07) is 14.2. The smallest absolute Gasteiger partial charge is 0.228 e. The molecule has 0 aliphatic carbocycles. The van der Waals surface area contributed by atoms with Gasteiger partial charge in [0.1, 0.15) is 5.75 Å². The number of hydrogen-bond acceptors (Lipinski definition) is 2. The van der Waals surface area contributed by atoms with Crippen molar-refractivity contribution in [3.05, 3.63) is 65.5 Å². The number of amides is 1. The van der Waals surface area contributed by atoms with Gasteiger partial charge in [-0.05, 0) is 29.8 Å². The number of ether oxygens (including phenoxy) is 1. The van der Waals surface area contributed by atoms with Gasteiger partial charge in [-0.3, -0.25) is 4.79 Å². The number of benzene rings is 2. The van der Waals surface area contributed by atoms with E-state index in [0.29, 0.717) is 11.4 Å². The fourth-order valence-corrected chi connectivity index (χ4v) is 1.79. The van der Waals surface area contributed by atoms with Gasteiger partial charge in [-0.2, -0.15) is 0 Å². The van der Waals surface area contributed by atoms with E-state index < -0.39 is 0 Å². The van der Waals surface area contributed by atoms with Crippen LogP contribution >= 0.6 is 0 Å².